The van der Waals surface area contributed by atoms with Crippen LogP contribution in [0.3, 0.4) is 0 Å². The summed E-state index contributed by atoms with van der Waals surface area (Å²) in [6.45, 7) is 0.261. The Morgan fingerprint density at radius 3 is 2.62 bits per heavy atom. The van der Waals surface area contributed by atoms with Gasteiger partial charge in [-0.25, -0.2) is 0 Å². The number of hydrogen-bond donors (Lipinski definition) is 2. The second kappa shape index (κ2) is 4.85. The highest BCUT2D eigenvalue weighted by molar-refractivity contribution is 6.30. The molecule has 2 rings (SSSR count). The lowest BCUT2D eigenvalue weighted by Crippen LogP contribution is -2.29. The molecule has 0 radical (unpaired) electrons. The van der Waals surface area contributed by atoms with Crippen molar-refractivity contribution in [3.63, 3.8) is 0 Å². The van der Waals surface area contributed by atoms with Crippen LogP contribution in [0.2, 0.25) is 5.02 Å². The highest BCUT2D eigenvalue weighted by atomic mass is 35.5. The molecule has 16 heavy (non-hydrogen) atoms. The van der Waals surface area contributed by atoms with Crippen LogP contribution < -0.4 is 5.32 Å². The fourth-order valence-electron chi connectivity index (χ4n) is 1.49. The van der Waals surface area contributed by atoms with Gasteiger partial charge < -0.3 is 10.4 Å². The van der Waals surface area contributed by atoms with Gasteiger partial charge in [0.05, 0.1) is 6.10 Å². The van der Waals surface area contributed by atoms with E-state index >= 15 is 0 Å². The molecule has 4 heteroatoms. The molecule has 1 aromatic carbocycles. The molecule has 0 heterocycles. The monoisotopic (exact) mass is 239 g/mol. The molecule has 1 fully saturated rings. The van der Waals surface area contributed by atoms with Gasteiger partial charge in [-0.05, 0) is 30.5 Å². The van der Waals surface area contributed by atoms with Gasteiger partial charge >= 0.3 is 0 Å². The standard InChI is InChI=1S/C12H14ClNO2/c13-10-5-3-8(4-6-10)11(15)7-14-12(16)9-1-2-9/h3-6,9,11,15H,1-2,7H2,(H,14,16). The number of aliphatic hydroxyl groups excluding tert-OH is 1. The quantitative estimate of drug-likeness (QED) is 0.843. The molecule has 1 aliphatic carbocycles. The lowest BCUT2D eigenvalue weighted by Gasteiger charge is -2.12. The van der Waals surface area contributed by atoms with Crippen molar-refractivity contribution >= 4 is 17.5 Å². The number of nitrogens with one attached hydrogen (secondary N) is 1. The van der Waals surface area contributed by atoms with Crippen molar-refractivity contribution in [2.75, 3.05) is 6.54 Å². The van der Waals surface area contributed by atoms with E-state index in [-0.39, 0.29) is 18.4 Å². The van der Waals surface area contributed by atoms with E-state index in [1.165, 1.54) is 0 Å². The Balaban J connectivity index is 1.84. The lowest BCUT2D eigenvalue weighted by molar-refractivity contribution is -0.122. The third kappa shape index (κ3) is 2.97. The molecule has 0 aliphatic heterocycles. The average Bonchev–Trinajstić information content (AvgIpc) is 3.10. The predicted molar refractivity (Wildman–Crippen MR) is 62.1 cm³/mol. The molecule has 0 bridgehead atoms. The second-order valence-electron chi connectivity index (χ2n) is 4.09. The number of amides is 1. The molecule has 1 amide bonds. The molecule has 86 valence electrons. The summed E-state index contributed by atoms with van der Waals surface area (Å²) in [5.41, 5.74) is 0.764. The van der Waals surface area contributed by atoms with E-state index in [1.807, 2.05) is 0 Å². The molecule has 1 aliphatic rings. The summed E-state index contributed by atoms with van der Waals surface area (Å²) in [5.74, 6) is 0.227. The van der Waals surface area contributed by atoms with E-state index in [0.717, 1.165) is 18.4 Å². The molecule has 1 aromatic rings. The van der Waals surface area contributed by atoms with Crippen LogP contribution in [0.1, 0.15) is 24.5 Å². The van der Waals surface area contributed by atoms with E-state index in [0.29, 0.717) is 5.02 Å². The van der Waals surface area contributed by atoms with Crippen molar-refractivity contribution in [3.8, 4) is 0 Å². The Morgan fingerprint density at radius 1 is 1.44 bits per heavy atom. The highest BCUT2D eigenvalue weighted by Crippen LogP contribution is 2.28. The van der Waals surface area contributed by atoms with E-state index < -0.39 is 6.10 Å². The molecule has 0 aromatic heterocycles. The van der Waals surface area contributed by atoms with Crippen LogP contribution in [0.5, 0.6) is 0 Å². The first-order valence-electron chi connectivity index (χ1n) is 5.38. The Kier molecular flexibility index (Phi) is 3.46. The minimum atomic E-state index is -0.667. The fraction of sp³-hybridized carbons (Fsp3) is 0.417. The molecule has 1 saturated carbocycles. The van der Waals surface area contributed by atoms with Crippen molar-refractivity contribution < 1.29 is 9.90 Å². The number of carbonyl (C=O) groups excluding carboxylic acids is 1. The van der Waals surface area contributed by atoms with E-state index in [1.54, 1.807) is 24.3 Å². The maximum atomic E-state index is 11.4. The summed E-state index contributed by atoms with van der Waals surface area (Å²) in [6.07, 6.45) is 1.28. The molecule has 0 saturated heterocycles. The van der Waals surface area contributed by atoms with Crippen molar-refractivity contribution in [3.05, 3.63) is 34.9 Å². The van der Waals surface area contributed by atoms with Crippen LogP contribution in [-0.4, -0.2) is 17.6 Å². The SMILES string of the molecule is O=C(NCC(O)c1ccc(Cl)cc1)C1CC1. The first kappa shape index (κ1) is 11.4. The summed E-state index contributed by atoms with van der Waals surface area (Å²) in [4.78, 5) is 11.4. The second-order valence-corrected chi connectivity index (χ2v) is 4.52. The smallest absolute Gasteiger partial charge is 0.223 e. The fourth-order valence-corrected chi connectivity index (χ4v) is 1.62. The molecule has 0 spiro atoms. The number of carbonyl (C=O) groups is 1. The van der Waals surface area contributed by atoms with Crippen molar-refractivity contribution in [2.45, 2.75) is 18.9 Å². The number of hydrogen-bond acceptors (Lipinski definition) is 2. The first-order chi connectivity index (χ1) is 7.66. The van der Waals surface area contributed by atoms with Gasteiger partial charge in [0.15, 0.2) is 0 Å². The van der Waals surface area contributed by atoms with E-state index in [9.17, 15) is 9.90 Å². The third-order valence-electron chi connectivity index (χ3n) is 2.67. The first-order valence-corrected chi connectivity index (χ1v) is 5.76. The van der Waals surface area contributed by atoms with Crippen LogP contribution in [0.15, 0.2) is 24.3 Å². The van der Waals surface area contributed by atoms with Gasteiger partial charge in [0.1, 0.15) is 0 Å². The molecular weight excluding hydrogens is 226 g/mol. The van der Waals surface area contributed by atoms with Crippen LogP contribution in [0, 0.1) is 5.92 Å². The Morgan fingerprint density at radius 2 is 2.06 bits per heavy atom. The van der Waals surface area contributed by atoms with E-state index in [2.05, 4.69) is 5.32 Å². The number of rotatable bonds is 4. The van der Waals surface area contributed by atoms with Gasteiger partial charge in [-0.1, -0.05) is 23.7 Å². The van der Waals surface area contributed by atoms with Crippen molar-refractivity contribution in [2.24, 2.45) is 5.92 Å². The Labute approximate surface area is 99.4 Å². The number of halogens is 1. The molecule has 2 N–H and O–H groups in total. The lowest BCUT2D eigenvalue weighted by atomic mass is 10.1. The van der Waals surface area contributed by atoms with Gasteiger partial charge in [0.25, 0.3) is 0 Å². The van der Waals surface area contributed by atoms with Crippen LogP contribution >= 0.6 is 11.6 Å². The third-order valence-corrected chi connectivity index (χ3v) is 2.92. The largest absolute Gasteiger partial charge is 0.387 e. The summed E-state index contributed by atoms with van der Waals surface area (Å²) >= 11 is 5.74. The minimum Gasteiger partial charge on any atom is -0.387 e. The summed E-state index contributed by atoms with van der Waals surface area (Å²) in [7, 11) is 0. The van der Waals surface area contributed by atoms with Crippen molar-refractivity contribution in [1.29, 1.82) is 0 Å². The molecule has 1 unspecified atom stereocenters. The molecular formula is C12H14ClNO2. The highest BCUT2D eigenvalue weighted by Gasteiger charge is 2.29. The molecule has 1 atom stereocenters. The summed E-state index contributed by atoms with van der Waals surface area (Å²) in [5, 5.41) is 13.2. The van der Waals surface area contributed by atoms with Gasteiger partial charge in [-0.2, -0.15) is 0 Å². The van der Waals surface area contributed by atoms with Gasteiger partial charge in [-0.15, -0.1) is 0 Å². The minimum absolute atomic E-state index is 0.0491. The predicted octanol–water partition coefficient (Wildman–Crippen LogP) is 1.90. The zero-order valence-electron chi connectivity index (χ0n) is 8.82. The summed E-state index contributed by atoms with van der Waals surface area (Å²) < 4.78 is 0. The van der Waals surface area contributed by atoms with Crippen molar-refractivity contribution in [1.82, 2.24) is 5.32 Å². The van der Waals surface area contributed by atoms with Crippen LogP contribution in [-0.2, 0) is 4.79 Å². The number of benzene rings is 1. The van der Waals surface area contributed by atoms with Gasteiger partial charge in [-0.3, -0.25) is 4.79 Å². The summed E-state index contributed by atoms with van der Waals surface area (Å²) in [6, 6.07) is 6.97. The average molecular weight is 240 g/mol. The van der Waals surface area contributed by atoms with Gasteiger partial charge in [0, 0.05) is 17.5 Å². The Hall–Kier alpha value is -1.06. The zero-order valence-corrected chi connectivity index (χ0v) is 9.57. The van der Waals surface area contributed by atoms with E-state index in [4.69, 9.17) is 11.6 Å². The van der Waals surface area contributed by atoms with Crippen LogP contribution in [0.4, 0.5) is 0 Å². The maximum Gasteiger partial charge on any atom is 0.223 e. The zero-order chi connectivity index (χ0) is 11.5. The molecule has 3 nitrogen and oxygen atoms in total. The van der Waals surface area contributed by atoms with Crippen LogP contribution in [0.25, 0.3) is 0 Å². The normalized spacial score (nSPS) is 16.9. The van der Waals surface area contributed by atoms with Gasteiger partial charge in [0.2, 0.25) is 5.91 Å². The Bertz CT molecular complexity index is 373. The number of aliphatic hydroxyl groups is 1. The topological polar surface area (TPSA) is 49.3 Å². The maximum absolute atomic E-state index is 11.4.